The van der Waals surface area contributed by atoms with Gasteiger partial charge in [0.05, 0.1) is 11.9 Å². The van der Waals surface area contributed by atoms with Crippen molar-refractivity contribution < 1.29 is 4.79 Å². The summed E-state index contributed by atoms with van der Waals surface area (Å²) in [5, 5.41) is 6.76. The van der Waals surface area contributed by atoms with Crippen LogP contribution in [0.4, 0.5) is 17.2 Å². The van der Waals surface area contributed by atoms with Gasteiger partial charge in [-0.05, 0) is 49.2 Å². The molecule has 0 unspecified atom stereocenters. The molecule has 0 aliphatic carbocycles. The molecular formula is C17H20ClN3O. The zero-order valence-electron chi connectivity index (χ0n) is 12.8. The number of nitrogens with one attached hydrogen (secondary N) is 2. The average Bonchev–Trinajstić information content (AvgIpc) is 2.53. The van der Waals surface area contributed by atoms with Gasteiger partial charge in [0.25, 0.3) is 0 Å². The van der Waals surface area contributed by atoms with Crippen LogP contribution in [0.3, 0.4) is 0 Å². The first-order valence-electron chi connectivity index (χ1n) is 7.42. The number of pyridine rings is 1. The summed E-state index contributed by atoms with van der Waals surface area (Å²) in [5.41, 5.74) is 1.62. The molecule has 1 aromatic carbocycles. The maximum absolute atomic E-state index is 12.0. The molecule has 2 aromatic rings. The fourth-order valence-corrected chi connectivity index (χ4v) is 2.25. The highest BCUT2D eigenvalue weighted by Crippen LogP contribution is 2.19. The van der Waals surface area contributed by atoms with E-state index in [1.54, 1.807) is 6.20 Å². The molecule has 0 aliphatic rings. The van der Waals surface area contributed by atoms with Gasteiger partial charge >= 0.3 is 0 Å². The number of hydrogen-bond donors (Lipinski definition) is 2. The van der Waals surface area contributed by atoms with Crippen LogP contribution < -0.4 is 10.6 Å². The van der Waals surface area contributed by atoms with E-state index in [2.05, 4.69) is 15.6 Å². The highest BCUT2D eigenvalue weighted by atomic mass is 35.5. The van der Waals surface area contributed by atoms with Gasteiger partial charge in [0.2, 0.25) is 5.91 Å². The predicted octanol–water partition coefficient (Wildman–Crippen LogP) is 4.85. The van der Waals surface area contributed by atoms with Crippen molar-refractivity contribution in [2.24, 2.45) is 5.92 Å². The Hall–Kier alpha value is -2.07. The summed E-state index contributed by atoms with van der Waals surface area (Å²) in [5.74, 6) is 0.805. The number of rotatable bonds is 6. The van der Waals surface area contributed by atoms with Gasteiger partial charge in [0.1, 0.15) is 5.82 Å². The van der Waals surface area contributed by atoms with E-state index in [0.29, 0.717) is 16.5 Å². The number of nitrogens with zero attached hydrogens (tertiary/aromatic N) is 1. The van der Waals surface area contributed by atoms with E-state index in [1.807, 2.05) is 50.2 Å². The molecule has 2 N–H and O–H groups in total. The first-order valence-corrected chi connectivity index (χ1v) is 7.79. The normalized spacial score (nSPS) is 10.5. The number of hydrogen-bond acceptors (Lipinski definition) is 3. The van der Waals surface area contributed by atoms with E-state index in [1.165, 1.54) is 0 Å². The van der Waals surface area contributed by atoms with Gasteiger partial charge in [-0.3, -0.25) is 4.79 Å². The third-order valence-corrected chi connectivity index (χ3v) is 3.76. The van der Waals surface area contributed by atoms with Crippen LogP contribution in [0.2, 0.25) is 5.02 Å². The number of benzene rings is 1. The lowest BCUT2D eigenvalue weighted by Crippen LogP contribution is -2.21. The first kappa shape index (κ1) is 16.3. The molecule has 0 atom stereocenters. The minimum absolute atomic E-state index is 0.0465. The molecule has 0 saturated carbocycles. The van der Waals surface area contributed by atoms with E-state index < -0.39 is 0 Å². The van der Waals surface area contributed by atoms with Gasteiger partial charge in [0.15, 0.2) is 0 Å². The van der Waals surface area contributed by atoms with Crippen molar-refractivity contribution >= 4 is 34.7 Å². The largest absolute Gasteiger partial charge is 0.340 e. The van der Waals surface area contributed by atoms with E-state index in [9.17, 15) is 4.79 Å². The SMILES string of the molecule is CCC(CC)C(=O)Nc1ccc(Nc2ccc(Cl)cc2)nc1. The van der Waals surface area contributed by atoms with Crippen LogP contribution in [-0.4, -0.2) is 10.9 Å². The molecule has 5 heteroatoms. The lowest BCUT2D eigenvalue weighted by atomic mass is 10.0. The molecule has 2 rings (SSSR count). The molecule has 1 amide bonds. The summed E-state index contributed by atoms with van der Waals surface area (Å²) in [6, 6.07) is 11.1. The molecular weight excluding hydrogens is 298 g/mol. The third-order valence-electron chi connectivity index (χ3n) is 3.50. The van der Waals surface area contributed by atoms with E-state index in [0.717, 1.165) is 18.5 Å². The lowest BCUT2D eigenvalue weighted by Gasteiger charge is -2.13. The van der Waals surface area contributed by atoms with Crippen molar-refractivity contribution in [3.05, 3.63) is 47.6 Å². The van der Waals surface area contributed by atoms with Gasteiger partial charge in [-0.25, -0.2) is 4.98 Å². The summed E-state index contributed by atoms with van der Waals surface area (Å²) in [7, 11) is 0. The highest BCUT2D eigenvalue weighted by Gasteiger charge is 2.14. The molecule has 116 valence electrons. The first-order chi connectivity index (χ1) is 10.6. The smallest absolute Gasteiger partial charge is 0.227 e. The second kappa shape index (κ2) is 7.80. The molecule has 0 fully saturated rings. The van der Waals surface area contributed by atoms with Gasteiger partial charge in [-0.15, -0.1) is 0 Å². The maximum Gasteiger partial charge on any atom is 0.227 e. The monoisotopic (exact) mass is 317 g/mol. The summed E-state index contributed by atoms with van der Waals surface area (Å²) in [6.07, 6.45) is 3.33. The standard InChI is InChI=1S/C17H20ClN3O/c1-3-12(4-2)17(22)21-15-9-10-16(19-11-15)20-14-7-5-13(18)6-8-14/h5-12H,3-4H2,1-2H3,(H,19,20)(H,21,22). The van der Waals surface area contributed by atoms with Gasteiger partial charge in [-0.2, -0.15) is 0 Å². The summed E-state index contributed by atoms with van der Waals surface area (Å²) < 4.78 is 0. The topological polar surface area (TPSA) is 54.0 Å². The molecule has 1 aromatic heterocycles. The Labute approximate surface area is 135 Å². The van der Waals surface area contributed by atoms with Crippen molar-refractivity contribution in [3.63, 3.8) is 0 Å². The Morgan fingerprint density at radius 2 is 1.73 bits per heavy atom. The van der Waals surface area contributed by atoms with Crippen LogP contribution in [0.15, 0.2) is 42.6 Å². The fraction of sp³-hybridized carbons (Fsp3) is 0.294. The van der Waals surface area contributed by atoms with Gasteiger partial charge in [-0.1, -0.05) is 25.4 Å². The maximum atomic E-state index is 12.0. The van der Waals surface area contributed by atoms with Crippen molar-refractivity contribution in [2.45, 2.75) is 26.7 Å². The lowest BCUT2D eigenvalue weighted by molar-refractivity contribution is -0.120. The minimum atomic E-state index is 0.0465. The van der Waals surface area contributed by atoms with Crippen LogP contribution in [0, 0.1) is 5.92 Å². The Morgan fingerprint density at radius 3 is 2.27 bits per heavy atom. The number of carbonyl (C=O) groups is 1. The van der Waals surface area contributed by atoms with Crippen molar-refractivity contribution in [2.75, 3.05) is 10.6 Å². The van der Waals surface area contributed by atoms with Crippen LogP contribution in [0.25, 0.3) is 0 Å². The van der Waals surface area contributed by atoms with Gasteiger partial charge < -0.3 is 10.6 Å². The van der Waals surface area contributed by atoms with Crippen LogP contribution >= 0.6 is 11.6 Å². The Morgan fingerprint density at radius 1 is 1.09 bits per heavy atom. The number of halogens is 1. The predicted molar refractivity (Wildman–Crippen MR) is 91.7 cm³/mol. The quantitative estimate of drug-likeness (QED) is 0.800. The van der Waals surface area contributed by atoms with Crippen molar-refractivity contribution in [3.8, 4) is 0 Å². The summed E-state index contributed by atoms with van der Waals surface area (Å²) in [4.78, 5) is 16.3. The van der Waals surface area contributed by atoms with E-state index >= 15 is 0 Å². The zero-order valence-corrected chi connectivity index (χ0v) is 13.5. The second-order valence-electron chi connectivity index (χ2n) is 5.07. The fourth-order valence-electron chi connectivity index (χ4n) is 2.13. The summed E-state index contributed by atoms with van der Waals surface area (Å²) >= 11 is 5.85. The summed E-state index contributed by atoms with van der Waals surface area (Å²) in [6.45, 7) is 4.04. The average molecular weight is 318 g/mol. The number of amides is 1. The molecule has 0 radical (unpaired) electrons. The van der Waals surface area contributed by atoms with Crippen molar-refractivity contribution in [1.82, 2.24) is 4.98 Å². The molecule has 0 spiro atoms. The van der Waals surface area contributed by atoms with Crippen molar-refractivity contribution in [1.29, 1.82) is 0 Å². The number of carbonyl (C=O) groups excluding carboxylic acids is 1. The molecule has 4 nitrogen and oxygen atoms in total. The molecule has 0 bridgehead atoms. The molecule has 0 aliphatic heterocycles. The second-order valence-corrected chi connectivity index (χ2v) is 5.50. The Balaban J connectivity index is 1.98. The van der Waals surface area contributed by atoms with E-state index in [4.69, 9.17) is 11.6 Å². The third kappa shape index (κ3) is 4.46. The van der Waals surface area contributed by atoms with Crippen LogP contribution in [0.5, 0.6) is 0 Å². The molecule has 0 saturated heterocycles. The minimum Gasteiger partial charge on any atom is -0.340 e. The van der Waals surface area contributed by atoms with Crippen LogP contribution in [0.1, 0.15) is 26.7 Å². The Kier molecular flexibility index (Phi) is 5.78. The van der Waals surface area contributed by atoms with E-state index in [-0.39, 0.29) is 11.8 Å². The van der Waals surface area contributed by atoms with Gasteiger partial charge in [0, 0.05) is 16.6 Å². The van der Waals surface area contributed by atoms with Crippen LogP contribution in [-0.2, 0) is 4.79 Å². The molecule has 22 heavy (non-hydrogen) atoms. The number of anilines is 3. The number of aromatic nitrogens is 1. The highest BCUT2D eigenvalue weighted by molar-refractivity contribution is 6.30. The Bertz CT molecular complexity index is 607. The zero-order chi connectivity index (χ0) is 15.9. The molecule has 1 heterocycles.